The average molecular weight is 291 g/mol. The van der Waals surface area contributed by atoms with E-state index < -0.39 is 5.97 Å². The molecule has 0 spiro atoms. The smallest absolute Gasteiger partial charge is 0.335 e. The number of anilines is 1. The number of oxazole rings is 1. The van der Waals surface area contributed by atoms with Gasteiger partial charge in [-0.05, 0) is 46.1 Å². The molecule has 0 fully saturated rings. The van der Waals surface area contributed by atoms with E-state index in [2.05, 4.69) is 21.7 Å². The molecule has 21 heavy (non-hydrogen) atoms. The lowest BCUT2D eigenvalue weighted by molar-refractivity contribution is 0.0697. The summed E-state index contributed by atoms with van der Waals surface area (Å²) in [6.07, 6.45) is 0. The van der Waals surface area contributed by atoms with Gasteiger partial charge in [0, 0.05) is 19.1 Å². The van der Waals surface area contributed by atoms with Crippen molar-refractivity contribution in [1.29, 1.82) is 0 Å². The first-order valence-electron chi connectivity index (χ1n) is 6.97. The quantitative estimate of drug-likeness (QED) is 0.880. The first-order valence-corrected chi connectivity index (χ1v) is 6.97. The number of aromatic nitrogens is 1. The Morgan fingerprint density at radius 1 is 1.43 bits per heavy atom. The summed E-state index contributed by atoms with van der Waals surface area (Å²) in [4.78, 5) is 19.6. The highest BCUT2D eigenvalue weighted by atomic mass is 16.4. The monoisotopic (exact) mass is 291 g/mol. The SMILES string of the molecule is CCN(c1nc2ccc(C(=O)O)cc2o1)C(C)CN(C)C. The van der Waals surface area contributed by atoms with Gasteiger partial charge >= 0.3 is 5.97 Å². The normalized spacial score (nSPS) is 12.8. The Morgan fingerprint density at radius 3 is 2.71 bits per heavy atom. The number of hydrogen-bond acceptors (Lipinski definition) is 5. The number of hydrogen-bond donors (Lipinski definition) is 1. The van der Waals surface area contributed by atoms with Gasteiger partial charge in [-0.1, -0.05) is 0 Å². The van der Waals surface area contributed by atoms with Crippen LogP contribution < -0.4 is 4.90 Å². The molecule has 1 aromatic carbocycles. The summed E-state index contributed by atoms with van der Waals surface area (Å²) in [6, 6.07) is 5.51. The molecular formula is C15H21N3O3. The van der Waals surface area contributed by atoms with E-state index in [1.165, 1.54) is 12.1 Å². The van der Waals surface area contributed by atoms with Gasteiger partial charge in [-0.2, -0.15) is 4.98 Å². The van der Waals surface area contributed by atoms with Crippen molar-refractivity contribution in [3.8, 4) is 0 Å². The van der Waals surface area contributed by atoms with Gasteiger partial charge in [-0.15, -0.1) is 0 Å². The second-order valence-electron chi connectivity index (χ2n) is 5.38. The standard InChI is InChI=1S/C15H21N3O3/c1-5-18(10(2)9-17(3)4)15-16-12-7-6-11(14(19)20)8-13(12)21-15/h6-8,10H,5,9H2,1-4H3,(H,19,20). The number of benzene rings is 1. The minimum atomic E-state index is -0.969. The summed E-state index contributed by atoms with van der Waals surface area (Å²) >= 11 is 0. The highest BCUT2D eigenvalue weighted by molar-refractivity contribution is 5.92. The molecule has 114 valence electrons. The molecule has 1 aromatic heterocycles. The third-order valence-electron chi connectivity index (χ3n) is 3.37. The highest BCUT2D eigenvalue weighted by Gasteiger charge is 2.19. The maximum Gasteiger partial charge on any atom is 0.335 e. The fourth-order valence-electron chi connectivity index (χ4n) is 2.43. The third-order valence-corrected chi connectivity index (χ3v) is 3.37. The van der Waals surface area contributed by atoms with Crippen LogP contribution in [-0.2, 0) is 0 Å². The van der Waals surface area contributed by atoms with E-state index in [9.17, 15) is 4.79 Å². The van der Waals surface area contributed by atoms with Crippen molar-refractivity contribution < 1.29 is 14.3 Å². The van der Waals surface area contributed by atoms with Crippen molar-refractivity contribution in [2.45, 2.75) is 19.9 Å². The zero-order valence-corrected chi connectivity index (χ0v) is 12.8. The van der Waals surface area contributed by atoms with E-state index in [0.717, 1.165) is 13.1 Å². The lowest BCUT2D eigenvalue weighted by Crippen LogP contribution is -2.40. The number of rotatable bonds is 6. The van der Waals surface area contributed by atoms with Crippen molar-refractivity contribution in [1.82, 2.24) is 9.88 Å². The number of carbonyl (C=O) groups is 1. The summed E-state index contributed by atoms with van der Waals surface area (Å²) in [7, 11) is 4.05. The Morgan fingerprint density at radius 2 is 2.14 bits per heavy atom. The van der Waals surface area contributed by atoms with Crippen LogP contribution in [0.2, 0.25) is 0 Å². The van der Waals surface area contributed by atoms with Crippen LogP contribution in [0.25, 0.3) is 11.1 Å². The number of likely N-dealkylation sites (N-methyl/N-ethyl adjacent to an activating group) is 2. The summed E-state index contributed by atoms with van der Waals surface area (Å²) in [5, 5.41) is 9.02. The van der Waals surface area contributed by atoms with Gasteiger partial charge in [-0.25, -0.2) is 4.79 Å². The van der Waals surface area contributed by atoms with Gasteiger partial charge in [0.2, 0.25) is 0 Å². The van der Waals surface area contributed by atoms with E-state index >= 15 is 0 Å². The van der Waals surface area contributed by atoms with E-state index in [1.807, 2.05) is 21.0 Å². The number of aromatic carboxylic acids is 1. The second-order valence-corrected chi connectivity index (χ2v) is 5.38. The van der Waals surface area contributed by atoms with Crippen LogP contribution in [0.1, 0.15) is 24.2 Å². The van der Waals surface area contributed by atoms with Crippen LogP contribution in [0.5, 0.6) is 0 Å². The van der Waals surface area contributed by atoms with Crippen molar-refractivity contribution in [3.63, 3.8) is 0 Å². The summed E-state index contributed by atoms with van der Waals surface area (Å²) in [5.41, 5.74) is 1.38. The molecule has 2 aromatic rings. The highest BCUT2D eigenvalue weighted by Crippen LogP contribution is 2.24. The van der Waals surface area contributed by atoms with Crippen LogP contribution in [0.3, 0.4) is 0 Å². The Labute approximate surface area is 124 Å². The van der Waals surface area contributed by atoms with Gasteiger partial charge in [-0.3, -0.25) is 0 Å². The molecule has 0 aliphatic rings. The van der Waals surface area contributed by atoms with Gasteiger partial charge in [0.05, 0.1) is 5.56 Å². The molecule has 0 saturated heterocycles. The molecule has 6 heteroatoms. The Hall–Kier alpha value is -2.08. The van der Waals surface area contributed by atoms with Crippen LogP contribution in [-0.4, -0.2) is 54.2 Å². The molecule has 1 atom stereocenters. The van der Waals surface area contributed by atoms with Crippen LogP contribution in [0.4, 0.5) is 6.01 Å². The fraction of sp³-hybridized carbons (Fsp3) is 0.467. The molecular weight excluding hydrogens is 270 g/mol. The van der Waals surface area contributed by atoms with Gasteiger partial charge in [0.15, 0.2) is 5.58 Å². The zero-order valence-electron chi connectivity index (χ0n) is 12.8. The first kappa shape index (κ1) is 15.3. The van der Waals surface area contributed by atoms with E-state index in [0.29, 0.717) is 17.1 Å². The predicted molar refractivity (Wildman–Crippen MR) is 82.0 cm³/mol. The summed E-state index contributed by atoms with van der Waals surface area (Å²) in [6.45, 7) is 5.81. The van der Waals surface area contributed by atoms with Crippen LogP contribution in [0, 0.1) is 0 Å². The Bertz CT molecular complexity index is 636. The molecule has 0 saturated carbocycles. The largest absolute Gasteiger partial charge is 0.478 e. The molecule has 0 bridgehead atoms. The van der Waals surface area contributed by atoms with Crippen molar-refractivity contribution in [3.05, 3.63) is 23.8 Å². The minimum Gasteiger partial charge on any atom is -0.478 e. The molecule has 0 radical (unpaired) electrons. The van der Waals surface area contributed by atoms with Gasteiger partial charge in [0.25, 0.3) is 6.01 Å². The fourth-order valence-corrected chi connectivity index (χ4v) is 2.43. The second kappa shape index (κ2) is 6.13. The number of nitrogens with zero attached hydrogens (tertiary/aromatic N) is 3. The molecule has 6 nitrogen and oxygen atoms in total. The van der Waals surface area contributed by atoms with Crippen LogP contribution in [0.15, 0.2) is 22.6 Å². The molecule has 1 N–H and O–H groups in total. The lowest BCUT2D eigenvalue weighted by atomic mass is 10.2. The Kier molecular flexibility index (Phi) is 4.47. The van der Waals surface area contributed by atoms with Crippen molar-refractivity contribution >= 4 is 23.1 Å². The molecule has 0 aliphatic carbocycles. The average Bonchev–Trinajstić information content (AvgIpc) is 2.80. The zero-order chi connectivity index (χ0) is 15.6. The molecule has 1 heterocycles. The predicted octanol–water partition coefficient (Wildman–Crippen LogP) is 2.30. The van der Waals surface area contributed by atoms with Gasteiger partial charge in [0.1, 0.15) is 5.52 Å². The molecule has 0 aliphatic heterocycles. The number of carboxylic acids is 1. The molecule has 0 amide bonds. The summed E-state index contributed by atoms with van der Waals surface area (Å²) < 4.78 is 5.75. The first-order chi connectivity index (χ1) is 9.92. The topological polar surface area (TPSA) is 69.8 Å². The molecule has 2 rings (SSSR count). The van der Waals surface area contributed by atoms with E-state index in [4.69, 9.17) is 9.52 Å². The Balaban J connectivity index is 2.34. The van der Waals surface area contributed by atoms with Crippen LogP contribution >= 0.6 is 0 Å². The van der Waals surface area contributed by atoms with Gasteiger partial charge < -0.3 is 19.3 Å². The summed E-state index contributed by atoms with van der Waals surface area (Å²) in [5.74, 6) is -0.969. The molecule has 1 unspecified atom stereocenters. The van der Waals surface area contributed by atoms with E-state index in [-0.39, 0.29) is 11.6 Å². The van der Waals surface area contributed by atoms with Crippen molar-refractivity contribution in [2.24, 2.45) is 0 Å². The number of fused-ring (bicyclic) bond motifs is 1. The maximum absolute atomic E-state index is 11.0. The van der Waals surface area contributed by atoms with E-state index in [1.54, 1.807) is 6.07 Å². The number of carboxylic acid groups (broad SMARTS) is 1. The minimum absolute atomic E-state index is 0.203. The lowest BCUT2D eigenvalue weighted by Gasteiger charge is -2.28. The van der Waals surface area contributed by atoms with Crippen molar-refractivity contribution in [2.75, 3.05) is 32.1 Å². The maximum atomic E-state index is 11.0. The third kappa shape index (κ3) is 3.33.